The summed E-state index contributed by atoms with van der Waals surface area (Å²) in [5.41, 5.74) is 0.805. The lowest BCUT2D eigenvalue weighted by Crippen LogP contribution is -2.16. The SMILES string of the molecule is COc1ccc(COc2nc(Cl)cnc2NS(=O)(=O)c2cccc(Cl)c2Cl)cc1. The molecule has 0 saturated heterocycles. The van der Waals surface area contributed by atoms with Crippen LogP contribution in [0.4, 0.5) is 5.82 Å². The van der Waals surface area contributed by atoms with Gasteiger partial charge in [0.2, 0.25) is 5.82 Å². The van der Waals surface area contributed by atoms with Crippen LogP contribution in [0.3, 0.4) is 0 Å². The highest BCUT2D eigenvalue weighted by molar-refractivity contribution is 7.92. The van der Waals surface area contributed by atoms with Gasteiger partial charge in [-0.25, -0.2) is 13.4 Å². The number of nitrogens with zero attached hydrogens (tertiary/aromatic N) is 2. The first-order chi connectivity index (χ1) is 13.8. The molecule has 0 aliphatic heterocycles. The van der Waals surface area contributed by atoms with Crippen molar-refractivity contribution in [1.82, 2.24) is 9.97 Å². The van der Waals surface area contributed by atoms with Crippen LogP contribution in [0, 0.1) is 0 Å². The molecule has 0 radical (unpaired) electrons. The smallest absolute Gasteiger partial charge is 0.264 e. The second kappa shape index (κ2) is 9.04. The van der Waals surface area contributed by atoms with E-state index >= 15 is 0 Å². The molecule has 3 rings (SSSR count). The van der Waals surface area contributed by atoms with Crippen molar-refractivity contribution in [2.75, 3.05) is 11.8 Å². The van der Waals surface area contributed by atoms with E-state index in [0.29, 0.717) is 5.75 Å². The fraction of sp³-hybridized carbons (Fsp3) is 0.111. The van der Waals surface area contributed by atoms with Crippen molar-refractivity contribution in [2.45, 2.75) is 11.5 Å². The fourth-order valence-electron chi connectivity index (χ4n) is 2.27. The maximum atomic E-state index is 12.7. The van der Waals surface area contributed by atoms with E-state index < -0.39 is 10.0 Å². The molecule has 1 heterocycles. The molecule has 0 saturated carbocycles. The van der Waals surface area contributed by atoms with Crippen molar-refractivity contribution in [3.8, 4) is 11.6 Å². The van der Waals surface area contributed by atoms with Crippen LogP contribution in [0.5, 0.6) is 11.6 Å². The van der Waals surface area contributed by atoms with Crippen LogP contribution < -0.4 is 14.2 Å². The van der Waals surface area contributed by atoms with Crippen LogP contribution in [0.1, 0.15) is 5.56 Å². The van der Waals surface area contributed by atoms with Gasteiger partial charge in [-0.1, -0.05) is 53.0 Å². The first-order valence-electron chi connectivity index (χ1n) is 8.05. The Bertz CT molecular complexity index is 1130. The third-order valence-corrected chi connectivity index (χ3v) is 6.18. The molecule has 1 aromatic heterocycles. The van der Waals surface area contributed by atoms with Crippen LogP contribution in [0.2, 0.25) is 15.2 Å². The summed E-state index contributed by atoms with van der Waals surface area (Å²) in [5.74, 6) is 0.470. The Labute approximate surface area is 182 Å². The number of halogens is 3. The fourth-order valence-corrected chi connectivity index (χ4v) is 4.16. The van der Waals surface area contributed by atoms with Gasteiger partial charge in [0.1, 0.15) is 17.3 Å². The Hall–Kier alpha value is -2.26. The van der Waals surface area contributed by atoms with Crippen LogP contribution in [0.25, 0.3) is 0 Å². The summed E-state index contributed by atoms with van der Waals surface area (Å²) >= 11 is 17.8. The summed E-state index contributed by atoms with van der Waals surface area (Å²) in [6.45, 7) is 0.103. The molecular weight excluding hydrogens is 461 g/mol. The van der Waals surface area contributed by atoms with Crippen LogP contribution in [-0.2, 0) is 16.6 Å². The Kier molecular flexibility index (Phi) is 6.69. The number of nitrogens with one attached hydrogen (secondary N) is 1. The Balaban J connectivity index is 1.85. The van der Waals surface area contributed by atoms with Gasteiger partial charge in [0.05, 0.1) is 23.4 Å². The first kappa shape index (κ1) is 21.4. The highest BCUT2D eigenvalue weighted by Crippen LogP contribution is 2.31. The molecule has 7 nitrogen and oxygen atoms in total. The van der Waals surface area contributed by atoms with Crippen molar-refractivity contribution >= 4 is 50.6 Å². The van der Waals surface area contributed by atoms with E-state index in [-0.39, 0.29) is 38.4 Å². The lowest BCUT2D eigenvalue weighted by Gasteiger charge is -2.13. The molecule has 0 fully saturated rings. The van der Waals surface area contributed by atoms with E-state index in [0.717, 1.165) is 5.56 Å². The summed E-state index contributed by atoms with van der Waals surface area (Å²) in [6.07, 6.45) is 1.19. The third-order valence-electron chi connectivity index (χ3n) is 3.68. The lowest BCUT2D eigenvalue weighted by molar-refractivity contribution is 0.294. The highest BCUT2D eigenvalue weighted by Gasteiger charge is 2.23. The molecule has 0 aliphatic carbocycles. The van der Waals surface area contributed by atoms with Gasteiger partial charge in [0.15, 0.2) is 5.15 Å². The van der Waals surface area contributed by atoms with Gasteiger partial charge in [0.25, 0.3) is 15.9 Å². The van der Waals surface area contributed by atoms with E-state index in [9.17, 15) is 8.42 Å². The largest absolute Gasteiger partial charge is 0.497 e. The number of anilines is 1. The number of ether oxygens (including phenoxy) is 2. The van der Waals surface area contributed by atoms with E-state index in [1.165, 1.54) is 24.4 Å². The second-order valence-electron chi connectivity index (χ2n) is 5.64. The molecule has 0 amide bonds. The van der Waals surface area contributed by atoms with Gasteiger partial charge in [-0.2, -0.15) is 4.98 Å². The topological polar surface area (TPSA) is 90.4 Å². The van der Waals surface area contributed by atoms with Gasteiger partial charge in [0, 0.05) is 0 Å². The predicted octanol–water partition coefficient (Wildman–Crippen LogP) is 4.83. The number of methoxy groups -OCH3 is 1. The highest BCUT2D eigenvalue weighted by atomic mass is 35.5. The average molecular weight is 475 g/mol. The predicted molar refractivity (Wildman–Crippen MR) is 112 cm³/mol. The number of benzene rings is 2. The maximum Gasteiger partial charge on any atom is 0.264 e. The van der Waals surface area contributed by atoms with E-state index in [2.05, 4.69) is 14.7 Å². The number of sulfonamides is 1. The molecule has 0 atom stereocenters. The molecule has 152 valence electrons. The minimum absolute atomic E-state index is 0.0402. The lowest BCUT2D eigenvalue weighted by atomic mass is 10.2. The van der Waals surface area contributed by atoms with Gasteiger partial charge in [-0.15, -0.1) is 0 Å². The van der Waals surface area contributed by atoms with Crippen molar-refractivity contribution in [3.63, 3.8) is 0 Å². The molecular formula is C18H14Cl3N3O4S. The van der Waals surface area contributed by atoms with E-state index in [4.69, 9.17) is 44.3 Å². The minimum atomic E-state index is -4.10. The molecule has 0 aliphatic rings. The Morgan fingerprint density at radius 2 is 1.79 bits per heavy atom. The second-order valence-corrected chi connectivity index (χ2v) is 8.46. The number of hydrogen-bond acceptors (Lipinski definition) is 6. The van der Waals surface area contributed by atoms with Gasteiger partial charge in [-0.3, -0.25) is 4.72 Å². The zero-order valence-corrected chi connectivity index (χ0v) is 18.0. The summed E-state index contributed by atoms with van der Waals surface area (Å²) in [4.78, 5) is 7.78. The summed E-state index contributed by atoms with van der Waals surface area (Å²) < 4.78 is 38.5. The maximum absolute atomic E-state index is 12.7. The Morgan fingerprint density at radius 3 is 2.48 bits per heavy atom. The summed E-state index contributed by atoms with van der Waals surface area (Å²) in [7, 11) is -2.54. The molecule has 29 heavy (non-hydrogen) atoms. The third kappa shape index (κ3) is 5.22. The Morgan fingerprint density at radius 1 is 1.07 bits per heavy atom. The molecule has 2 aromatic carbocycles. The molecule has 3 aromatic rings. The van der Waals surface area contributed by atoms with Crippen molar-refractivity contribution in [3.05, 3.63) is 69.4 Å². The minimum Gasteiger partial charge on any atom is -0.497 e. The molecule has 1 N–H and O–H groups in total. The van der Waals surface area contributed by atoms with Gasteiger partial charge < -0.3 is 9.47 Å². The monoisotopic (exact) mass is 473 g/mol. The molecule has 11 heteroatoms. The number of hydrogen-bond donors (Lipinski definition) is 1. The molecule has 0 bridgehead atoms. The summed E-state index contributed by atoms with van der Waals surface area (Å²) in [6, 6.07) is 11.4. The van der Waals surface area contributed by atoms with Crippen molar-refractivity contribution in [1.29, 1.82) is 0 Å². The zero-order valence-electron chi connectivity index (χ0n) is 14.9. The molecule has 0 unspecified atom stereocenters. The first-order valence-corrected chi connectivity index (χ1v) is 10.7. The normalized spacial score (nSPS) is 11.2. The van der Waals surface area contributed by atoms with E-state index in [1.807, 2.05) is 0 Å². The van der Waals surface area contributed by atoms with Gasteiger partial charge in [-0.05, 0) is 29.8 Å². The van der Waals surface area contributed by atoms with Crippen molar-refractivity contribution < 1.29 is 17.9 Å². The van der Waals surface area contributed by atoms with Crippen molar-refractivity contribution in [2.24, 2.45) is 0 Å². The standard InChI is InChI=1S/C18H14Cl3N3O4S/c1-27-12-7-5-11(6-8-12)10-28-18-17(22-9-15(20)23-18)24-29(25,26)14-4-2-3-13(19)16(14)21/h2-9H,10H2,1H3,(H,22,24). The summed E-state index contributed by atoms with van der Waals surface area (Å²) in [5, 5.41) is 0.0375. The number of aromatic nitrogens is 2. The molecule has 0 spiro atoms. The zero-order chi connectivity index (χ0) is 21.0. The van der Waals surface area contributed by atoms with Crippen LogP contribution in [-0.4, -0.2) is 25.5 Å². The average Bonchev–Trinajstić information content (AvgIpc) is 2.70. The van der Waals surface area contributed by atoms with Crippen LogP contribution >= 0.6 is 34.8 Å². The van der Waals surface area contributed by atoms with E-state index in [1.54, 1.807) is 31.4 Å². The number of rotatable bonds is 7. The van der Waals surface area contributed by atoms with Crippen LogP contribution in [0.15, 0.2) is 53.6 Å². The van der Waals surface area contributed by atoms with Gasteiger partial charge >= 0.3 is 0 Å². The quantitative estimate of drug-likeness (QED) is 0.528.